The van der Waals surface area contributed by atoms with E-state index in [-0.39, 0.29) is 0 Å². The molecule has 3 nitrogen and oxygen atoms in total. The van der Waals surface area contributed by atoms with E-state index in [1.54, 1.807) is 0 Å². The largest absolute Gasteiger partial charge is 0.374 e. The Kier molecular flexibility index (Phi) is 3.69. The first kappa shape index (κ1) is 13.8. The summed E-state index contributed by atoms with van der Waals surface area (Å²) in [6.07, 6.45) is 1.90. The van der Waals surface area contributed by atoms with Gasteiger partial charge in [0.05, 0.1) is 10.2 Å². The Morgan fingerprint density at radius 2 is 2.15 bits per heavy atom. The van der Waals surface area contributed by atoms with Gasteiger partial charge in [-0.2, -0.15) is 0 Å². The summed E-state index contributed by atoms with van der Waals surface area (Å²) in [5.74, 6) is 0.701. The second-order valence-corrected chi connectivity index (χ2v) is 6.12. The van der Waals surface area contributed by atoms with Crippen LogP contribution in [0.2, 0.25) is 5.15 Å². The molecule has 0 bridgehead atoms. The Morgan fingerprint density at radius 3 is 2.90 bits per heavy atom. The SMILES string of the molecule is CCc1nc(-c2ccc3c(c2)CCN3C)nc(Cl)c1Br. The van der Waals surface area contributed by atoms with Crippen molar-refractivity contribution in [1.82, 2.24) is 9.97 Å². The van der Waals surface area contributed by atoms with Gasteiger partial charge in [-0.05, 0) is 52.5 Å². The number of likely N-dealkylation sites (N-methyl/N-ethyl adjacent to an activating group) is 1. The van der Waals surface area contributed by atoms with Gasteiger partial charge in [0.1, 0.15) is 5.15 Å². The van der Waals surface area contributed by atoms with Crippen LogP contribution in [0, 0.1) is 0 Å². The highest BCUT2D eigenvalue weighted by Crippen LogP contribution is 2.32. The van der Waals surface area contributed by atoms with Gasteiger partial charge in [-0.1, -0.05) is 18.5 Å². The van der Waals surface area contributed by atoms with Crippen LogP contribution < -0.4 is 4.90 Å². The van der Waals surface area contributed by atoms with E-state index in [1.165, 1.54) is 11.3 Å². The lowest BCUT2D eigenvalue weighted by Crippen LogP contribution is -2.12. The molecule has 0 unspecified atom stereocenters. The number of fused-ring (bicyclic) bond motifs is 1. The fourth-order valence-corrected chi connectivity index (χ4v) is 3.18. The van der Waals surface area contributed by atoms with E-state index in [0.29, 0.717) is 11.0 Å². The van der Waals surface area contributed by atoms with Crippen molar-refractivity contribution in [2.45, 2.75) is 19.8 Å². The van der Waals surface area contributed by atoms with Crippen molar-refractivity contribution >= 4 is 33.2 Å². The van der Waals surface area contributed by atoms with E-state index >= 15 is 0 Å². The lowest BCUT2D eigenvalue weighted by atomic mass is 10.1. The fourth-order valence-electron chi connectivity index (χ4n) is 2.53. The molecule has 0 spiro atoms. The fraction of sp³-hybridized carbons (Fsp3) is 0.333. The highest BCUT2D eigenvalue weighted by molar-refractivity contribution is 9.10. The molecule has 0 saturated heterocycles. The van der Waals surface area contributed by atoms with Crippen LogP contribution in [0.5, 0.6) is 0 Å². The Hall–Kier alpha value is -1.13. The quantitative estimate of drug-likeness (QED) is 0.762. The molecule has 0 saturated carbocycles. The van der Waals surface area contributed by atoms with E-state index in [4.69, 9.17) is 11.6 Å². The number of anilines is 1. The molecule has 0 fully saturated rings. The van der Waals surface area contributed by atoms with Crippen LogP contribution in [0.15, 0.2) is 22.7 Å². The second-order valence-electron chi connectivity index (χ2n) is 4.97. The molecule has 2 aromatic rings. The van der Waals surface area contributed by atoms with Gasteiger partial charge in [0.15, 0.2) is 5.82 Å². The van der Waals surface area contributed by atoms with Crippen molar-refractivity contribution in [3.8, 4) is 11.4 Å². The van der Waals surface area contributed by atoms with Crippen molar-refractivity contribution in [2.75, 3.05) is 18.5 Å². The van der Waals surface area contributed by atoms with E-state index in [9.17, 15) is 0 Å². The minimum Gasteiger partial charge on any atom is -0.374 e. The zero-order chi connectivity index (χ0) is 14.3. The molecule has 20 heavy (non-hydrogen) atoms. The van der Waals surface area contributed by atoms with Gasteiger partial charge >= 0.3 is 0 Å². The second kappa shape index (κ2) is 5.34. The van der Waals surface area contributed by atoms with Crippen molar-refractivity contribution in [3.05, 3.63) is 39.1 Å². The third-order valence-corrected chi connectivity index (χ3v) is 5.01. The van der Waals surface area contributed by atoms with Crippen LogP contribution in [0.25, 0.3) is 11.4 Å². The zero-order valence-corrected chi connectivity index (χ0v) is 13.8. The molecule has 0 amide bonds. The van der Waals surface area contributed by atoms with Crippen molar-refractivity contribution in [1.29, 1.82) is 0 Å². The van der Waals surface area contributed by atoms with Gasteiger partial charge in [0.2, 0.25) is 0 Å². The monoisotopic (exact) mass is 351 g/mol. The van der Waals surface area contributed by atoms with Crippen LogP contribution in [-0.2, 0) is 12.8 Å². The Bertz CT molecular complexity index is 672. The maximum Gasteiger partial charge on any atom is 0.161 e. The maximum atomic E-state index is 6.18. The summed E-state index contributed by atoms with van der Waals surface area (Å²) in [5.41, 5.74) is 4.62. The minimum atomic E-state index is 0.476. The van der Waals surface area contributed by atoms with Crippen LogP contribution >= 0.6 is 27.5 Å². The third-order valence-electron chi connectivity index (χ3n) is 3.68. The standard InChI is InChI=1S/C15H15BrClN3/c1-3-11-13(16)14(17)19-15(18-11)10-4-5-12-9(8-10)6-7-20(12)2/h4-5,8H,3,6-7H2,1-2H3. The molecule has 1 aromatic carbocycles. The summed E-state index contributed by atoms with van der Waals surface area (Å²) in [6.45, 7) is 3.13. The first-order valence-corrected chi connectivity index (χ1v) is 7.83. The van der Waals surface area contributed by atoms with Crippen molar-refractivity contribution < 1.29 is 0 Å². The molecule has 2 heterocycles. The van der Waals surface area contributed by atoms with Gasteiger partial charge < -0.3 is 4.90 Å². The molecule has 0 radical (unpaired) electrons. The third kappa shape index (κ3) is 2.31. The number of rotatable bonds is 2. The van der Waals surface area contributed by atoms with E-state index in [0.717, 1.165) is 35.1 Å². The first-order chi connectivity index (χ1) is 9.60. The van der Waals surface area contributed by atoms with E-state index in [2.05, 4.69) is 63.0 Å². The Morgan fingerprint density at radius 1 is 1.35 bits per heavy atom. The number of hydrogen-bond donors (Lipinski definition) is 0. The molecule has 5 heteroatoms. The number of nitrogens with zero attached hydrogens (tertiary/aromatic N) is 3. The molecule has 3 rings (SSSR count). The van der Waals surface area contributed by atoms with E-state index < -0.39 is 0 Å². The lowest BCUT2D eigenvalue weighted by Gasteiger charge is -2.12. The van der Waals surface area contributed by atoms with Crippen LogP contribution in [0.3, 0.4) is 0 Å². The topological polar surface area (TPSA) is 29.0 Å². The van der Waals surface area contributed by atoms with Crippen LogP contribution in [0.1, 0.15) is 18.2 Å². The lowest BCUT2D eigenvalue weighted by molar-refractivity contribution is 0.956. The molecule has 1 aliphatic rings. The smallest absolute Gasteiger partial charge is 0.161 e. The predicted molar refractivity (Wildman–Crippen MR) is 86.5 cm³/mol. The summed E-state index contributed by atoms with van der Waals surface area (Å²) in [5, 5.41) is 0.476. The number of halogens is 2. The number of benzene rings is 1. The minimum absolute atomic E-state index is 0.476. The summed E-state index contributed by atoms with van der Waals surface area (Å²) in [6, 6.07) is 6.39. The van der Waals surface area contributed by atoms with E-state index in [1.807, 2.05) is 0 Å². The van der Waals surface area contributed by atoms with Gasteiger partial charge in [-0.25, -0.2) is 9.97 Å². The van der Waals surface area contributed by atoms with Crippen molar-refractivity contribution in [2.24, 2.45) is 0 Å². The molecule has 104 valence electrons. The molecule has 0 aliphatic carbocycles. The summed E-state index contributed by atoms with van der Waals surface area (Å²) < 4.78 is 0.798. The summed E-state index contributed by atoms with van der Waals surface area (Å²) >= 11 is 9.62. The molecule has 1 aromatic heterocycles. The summed E-state index contributed by atoms with van der Waals surface area (Å²) in [7, 11) is 2.12. The number of aryl methyl sites for hydroxylation is 1. The molecule has 0 atom stereocenters. The van der Waals surface area contributed by atoms with Gasteiger partial charge in [-0.15, -0.1) is 0 Å². The highest BCUT2D eigenvalue weighted by Gasteiger charge is 2.17. The van der Waals surface area contributed by atoms with Gasteiger partial charge in [-0.3, -0.25) is 0 Å². The normalized spacial score (nSPS) is 13.7. The van der Waals surface area contributed by atoms with Crippen molar-refractivity contribution in [3.63, 3.8) is 0 Å². The van der Waals surface area contributed by atoms with Crippen LogP contribution in [0.4, 0.5) is 5.69 Å². The molecular formula is C15H15BrClN3. The molecule has 0 N–H and O–H groups in total. The van der Waals surface area contributed by atoms with Gasteiger partial charge in [0.25, 0.3) is 0 Å². The highest BCUT2D eigenvalue weighted by atomic mass is 79.9. The average Bonchev–Trinajstić information content (AvgIpc) is 2.83. The average molecular weight is 353 g/mol. The van der Waals surface area contributed by atoms with Gasteiger partial charge in [0, 0.05) is 24.8 Å². The summed E-state index contributed by atoms with van der Waals surface area (Å²) in [4.78, 5) is 11.3. The maximum absolute atomic E-state index is 6.18. The Labute approximate surface area is 132 Å². The Balaban J connectivity index is 2.08. The zero-order valence-electron chi connectivity index (χ0n) is 11.5. The molecular weight excluding hydrogens is 338 g/mol. The first-order valence-electron chi connectivity index (χ1n) is 6.66. The predicted octanol–water partition coefficient (Wildman–Crippen LogP) is 4.11. The number of aromatic nitrogens is 2. The van der Waals surface area contributed by atoms with Crippen LogP contribution in [-0.4, -0.2) is 23.6 Å². The molecule has 1 aliphatic heterocycles. The number of hydrogen-bond acceptors (Lipinski definition) is 3.